The zero-order chi connectivity index (χ0) is 29.9. The monoisotopic (exact) mass is 569 g/mol. The van der Waals surface area contributed by atoms with Crippen molar-refractivity contribution in [2.75, 3.05) is 7.11 Å². The van der Waals surface area contributed by atoms with Gasteiger partial charge in [-0.2, -0.15) is 0 Å². The maximum atomic E-state index is 15.1. The predicted molar refractivity (Wildman–Crippen MR) is 160 cm³/mol. The number of para-hydroxylation sites is 1. The summed E-state index contributed by atoms with van der Waals surface area (Å²) in [6, 6.07) is 33.3. The first kappa shape index (κ1) is 27.4. The van der Waals surface area contributed by atoms with E-state index in [1.54, 1.807) is 95.5 Å². The number of ether oxygens (including phenoxy) is 2. The van der Waals surface area contributed by atoms with Crippen molar-refractivity contribution in [2.45, 2.75) is 0 Å². The number of benzene rings is 4. The van der Waals surface area contributed by atoms with Crippen LogP contribution in [0.1, 0.15) is 42.3 Å². The molecule has 2 aromatic heterocycles. The van der Waals surface area contributed by atoms with E-state index in [9.17, 15) is 14.4 Å². The summed E-state index contributed by atoms with van der Waals surface area (Å²) in [6.07, 6.45) is 1.56. The van der Waals surface area contributed by atoms with E-state index in [1.165, 1.54) is 37.4 Å². The summed E-state index contributed by atoms with van der Waals surface area (Å²) in [6.45, 7) is 0. The lowest BCUT2D eigenvalue weighted by Crippen LogP contribution is -2.08. The van der Waals surface area contributed by atoms with Crippen LogP contribution in [-0.4, -0.2) is 29.0 Å². The minimum absolute atomic E-state index is 0.0783. The minimum atomic E-state index is -0.615. The molecule has 0 N–H and O–H groups in total. The number of hydrogen-bond donors (Lipinski definition) is 0. The largest absolute Gasteiger partial charge is 0.465 e. The van der Waals surface area contributed by atoms with Crippen LogP contribution < -0.4 is 4.74 Å². The Hall–Kier alpha value is -5.82. The van der Waals surface area contributed by atoms with Crippen LogP contribution in [0.3, 0.4) is 0 Å². The first-order chi connectivity index (χ1) is 21.0. The van der Waals surface area contributed by atoms with E-state index in [0.717, 1.165) is 0 Å². The van der Waals surface area contributed by atoms with Gasteiger partial charge in [0.2, 0.25) is 5.78 Å². The van der Waals surface area contributed by atoms with Crippen molar-refractivity contribution in [2.24, 2.45) is 0 Å². The molecule has 2 heterocycles. The molecule has 0 aliphatic heterocycles. The van der Waals surface area contributed by atoms with Crippen molar-refractivity contribution < 1.29 is 28.2 Å². The van der Waals surface area contributed by atoms with Crippen LogP contribution in [0.5, 0.6) is 11.5 Å². The molecule has 6 nitrogen and oxygen atoms in total. The van der Waals surface area contributed by atoms with Gasteiger partial charge < -0.3 is 13.9 Å². The Kier molecular flexibility index (Phi) is 7.37. The molecule has 0 saturated heterocycles. The van der Waals surface area contributed by atoms with Gasteiger partial charge >= 0.3 is 5.97 Å². The van der Waals surface area contributed by atoms with Gasteiger partial charge in [0.05, 0.1) is 23.8 Å². The normalized spacial score (nSPS) is 10.8. The molecule has 6 aromatic rings. The second-order valence-electron chi connectivity index (χ2n) is 9.71. The average molecular weight is 570 g/mol. The Balaban J connectivity index is 1.68. The van der Waals surface area contributed by atoms with Crippen LogP contribution in [0.15, 0.2) is 128 Å². The van der Waals surface area contributed by atoms with Crippen LogP contribution >= 0.6 is 0 Å². The van der Waals surface area contributed by atoms with E-state index in [-0.39, 0.29) is 39.7 Å². The molecule has 0 bridgehead atoms. The Labute approximate surface area is 246 Å². The van der Waals surface area contributed by atoms with Gasteiger partial charge in [0.15, 0.2) is 17.3 Å². The Morgan fingerprint density at radius 1 is 0.674 bits per heavy atom. The molecule has 210 valence electrons. The topological polar surface area (TPSA) is 74.1 Å². The lowest BCUT2D eigenvalue weighted by atomic mass is 9.92. The molecule has 0 aliphatic carbocycles. The van der Waals surface area contributed by atoms with Crippen LogP contribution in [0.2, 0.25) is 0 Å². The van der Waals surface area contributed by atoms with Crippen molar-refractivity contribution >= 4 is 23.1 Å². The fraction of sp³-hybridized carbons (Fsp3) is 0.0278. The number of hydrogen-bond acceptors (Lipinski definition) is 5. The summed E-state index contributed by atoms with van der Waals surface area (Å²) in [5, 5.41) is 0. The number of esters is 1. The third kappa shape index (κ3) is 5.20. The van der Waals surface area contributed by atoms with E-state index < -0.39 is 11.8 Å². The number of carbonyl (C=O) groups is 3. The molecule has 7 heteroatoms. The number of carbonyl (C=O) groups excluding carboxylic acids is 3. The van der Waals surface area contributed by atoms with Crippen molar-refractivity contribution in [1.29, 1.82) is 0 Å². The fourth-order valence-corrected chi connectivity index (χ4v) is 5.05. The van der Waals surface area contributed by atoms with Crippen LogP contribution in [0.4, 0.5) is 4.39 Å². The number of ketones is 2. The first-order valence-electron chi connectivity index (χ1n) is 13.4. The molecule has 43 heavy (non-hydrogen) atoms. The van der Waals surface area contributed by atoms with Gasteiger partial charge in [-0.3, -0.25) is 9.59 Å². The predicted octanol–water partition coefficient (Wildman–Crippen LogP) is 7.79. The highest BCUT2D eigenvalue weighted by Crippen LogP contribution is 2.39. The number of nitrogens with zero attached hydrogens (tertiary/aromatic N) is 1. The molecule has 0 saturated carbocycles. The summed E-state index contributed by atoms with van der Waals surface area (Å²) in [5.74, 6) is -1.61. The van der Waals surface area contributed by atoms with Gasteiger partial charge in [-0.25, -0.2) is 9.18 Å². The molecule has 4 aromatic carbocycles. The SMILES string of the molecule is COC(=O)c1ccn2c(C(=O)c3ccccc3)c(-c3ccc(F)c(Oc4ccccc4)c3)c(C(=O)c3ccccc3)c2c1. The zero-order valence-electron chi connectivity index (χ0n) is 23.0. The zero-order valence-corrected chi connectivity index (χ0v) is 23.0. The maximum absolute atomic E-state index is 15.1. The van der Waals surface area contributed by atoms with Crippen molar-refractivity contribution in [1.82, 2.24) is 4.40 Å². The number of fused-ring (bicyclic) bond motifs is 1. The third-order valence-corrected chi connectivity index (χ3v) is 7.06. The van der Waals surface area contributed by atoms with Crippen LogP contribution in [0, 0.1) is 5.82 Å². The number of pyridine rings is 1. The summed E-state index contributed by atoms with van der Waals surface area (Å²) < 4.78 is 27.5. The van der Waals surface area contributed by atoms with Gasteiger partial charge in [-0.1, -0.05) is 84.9 Å². The molecular formula is C36H24FNO5. The second kappa shape index (κ2) is 11.6. The van der Waals surface area contributed by atoms with Gasteiger partial charge in [0, 0.05) is 22.9 Å². The number of aromatic nitrogens is 1. The minimum Gasteiger partial charge on any atom is -0.465 e. The highest BCUT2D eigenvalue weighted by atomic mass is 19.1. The Morgan fingerprint density at radius 2 is 1.28 bits per heavy atom. The Bertz CT molecular complexity index is 1980. The number of rotatable bonds is 8. The summed E-state index contributed by atoms with van der Waals surface area (Å²) in [7, 11) is 1.27. The van der Waals surface area contributed by atoms with Crippen molar-refractivity contribution in [3.63, 3.8) is 0 Å². The number of methoxy groups -OCH3 is 1. The summed E-state index contributed by atoms with van der Waals surface area (Å²) in [5.41, 5.74) is 2.30. The summed E-state index contributed by atoms with van der Waals surface area (Å²) >= 11 is 0. The van der Waals surface area contributed by atoms with Gasteiger partial charge in [-0.05, 0) is 42.0 Å². The van der Waals surface area contributed by atoms with E-state index in [2.05, 4.69) is 0 Å². The van der Waals surface area contributed by atoms with E-state index in [4.69, 9.17) is 9.47 Å². The molecule has 0 amide bonds. The average Bonchev–Trinajstić information content (AvgIpc) is 3.40. The van der Waals surface area contributed by atoms with Gasteiger partial charge in [-0.15, -0.1) is 0 Å². The molecule has 0 unspecified atom stereocenters. The van der Waals surface area contributed by atoms with Crippen LogP contribution in [-0.2, 0) is 4.74 Å². The lowest BCUT2D eigenvalue weighted by molar-refractivity contribution is 0.0600. The third-order valence-electron chi connectivity index (χ3n) is 7.06. The standard InChI is InChI=1S/C36H24FNO5/c1-42-36(41)26-19-20-38-29(21-26)32(34(39)23-11-5-2-6-12-23)31(33(38)35(40)24-13-7-3-8-14-24)25-17-18-28(37)30(22-25)43-27-15-9-4-10-16-27/h2-22H,1H3. The lowest BCUT2D eigenvalue weighted by Gasteiger charge is -2.12. The van der Waals surface area contributed by atoms with E-state index in [0.29, 0.717) is 28.0 Å². The molecule has 0 atom stereocenters. The van der Waals surface area contributed by atoms with Gasteiger partial charge in [0.25, 0.3) is 0 Å². The summed E-state index contributed by atoms with van der Waals surface area (Å²) in [4.78, 5) is 41.0. The van der Waals surface area contributed by atoms with Crippen molar-refractivity contribution in [3.05, 3.63) is 161 Å². The molecule has 0 aliphatic rings. The van der Waals surface area contributed by atoms with Crippen molar-refractivity contribution in [3.8, 4) is 22.6 Å². The molecule has 6 rings (SSSR count). The maximum Gasteiger partial charge on any atom is 0.337 e. The van der Waals surface area contributed by atoms with Gasteiger partial charge in [0.1, 0.15) is 11.4 Å². The fourth-order valence-electron chi connectivity index (χ4n) is 5.05. The number of halogens is 1. The smallest absolute Gasteiger partial charge is 0.337 e. The van der Waals surface area contributed by atoms with Crippen LogP contribution in [0.25, 0.3) is 16.6 Å². The quantitative estimate of drug-likeness (QED) is 0.138. The van der Waals surface area contributed by atoms with E-state index >= 15 is 4.39 Å². The first-order valence-corrected chi connectivity index (χ1v) is 13.4. The molecule has 0 spiro atoms. The Morgan fingerprint density at radius 3 is 1.91 bits per heavy atom. The second-order valence-corrected chi connectivity index (χ2v) is 9.71. The van der Waals surface area contributed by atoms with E-state index in [1.807, 2.05) is 6.07 Å². The molecular weight excluding hydrogens is 545 g/mol. The molecule has 0 radical (unpaired) electrons. The highest BCUT2D eigenvalue weighted by Gasteiger charge is 2.30. The molecule has 0 fully saturated rings. The highest BCUT2D eigenvalue weighted by molar-refractivity contribution is 6.23.